The third-order valence-electron chi connectivity index (χ3n) is 5.28. The van der Waals surface area contributed by atoms with Crippen LogP contribution in [0.3, 0.4) is 0 Å². The van der Waals surface area contributed by atoms with Crippen molar-refractivity contribution in [2.45, 2.75) is 32.6 Å². The Morgan fingerprint density at radius 3 is 2.63 bits per heavy atom. The van der Waals surface area contributed by atoms with Gasteiger partial charge in [-0.2, -0.15) is 0 Å². The average molecular weight is 424 g/mol. The first-order chi connectivity index (χ1) is 14.6. The molecule has 2 aromatic carbocycles. The molecule has 0 fully saturated rings. The minimum absolute atomic E-state index is 0.0731. The van der Waals surface area contributed by atoms with Gasteiger partial charge in [-0.05, 0) is 61.4 Å². The lowest BCUT2D eigenvalue weighted by atomic mass is 9.89. The molecule has 1 amide bonds. The highest BCUT2D eigenvalue weighted by molar-refractivity contribution is 7.15. The predicted octanol–water partition coefficient (Wildman–Crippen LogP) is 5.86. The molecule has 4 nitrogen and oxygen atoms in total. The van der Waals surface area contributed by atoms with Gasteiger partial charge in [0.05, 0.1) is 12.2 Å². The van der Waals surface area contributed by atoms with Crippen LogP contribution < -0.4 is 5.32 Å². The number of hydrogen-bond donors (Lipinski definition) is 1. The van der Waals surface area contributed by atoms with Crippen molar-refractivity contribution in [3.05, 3.63) is 75.9 Å². The molecule has 0 spiro atoms. The Bertz CT molecular complexity index is 1110. The van der Waals surface area contributed by atoms with Gasteiger partial charge < -0.3 is 10.1 Å². The normalized spacial score (nSPS) is 12.9. The molecule has 0 aliphatic heterocycles. The van der Waals surface area contributed by atoms with Gasteiger partial charge in [0.25, 0.3) is 5.91 Å². The van der Waals surface area contributed by atoms with Gasteiger partial charge in [0.2, 0.25) is 0 Å². The van der Waals surface area contributed by atoms with E-state index in [-0.39, 0.29) is 12.2 Å². The molecule has 0 atom stereocenters. The number of esters is 1. The standard InChI is InChI=1S/C24H22FNO3S/c1-2-29-24(28)21-19(17-12-11-15-7-3-4-8-16(15)13-17)14-30-23(21)26-22(27)18-9-5-6-10-20(18)25/h5-6,9-14H,2-4,7-8H2,1H3,(H,26,27). The molecule has 0 radical (unpaired) electrons. The Balaban J connectivity index is 1.72. The fraction of sp³-hybridized carbons (Fsp3) is 0.250. The average Bonchev–Trinajstić information content (AvgIpc) is 3.17. The van der Waals surface area contributed by atoms with Gasteiger partial charge in [-0.3, -0.25) is 4.79 Å². The van der Waals surface area contributed by atoms with Crippen LogP contribution in [-0.2, 0) is 17.6 Å². The summed E-state index contributed by atoms with van der Waals surface area (Å²) < 4.78 is 19.3. The molecule has 4 rings (SSSR count). The highest BCUT2D eigenvalue weighted by Crippen LogP contribution is 2.38. The summed E-state index contributed by atoms with van der Waals surface area (Å²) in [6.07, 6.45) is 4.47. The van der Waals surface area contributed by atoms with Crippen LogP contribution in [0.25, 0.3) is 11.1 Å². The number of halogens is 1. The topological polar surface area (TPSA) is 55.4 Å². The van der Waals surface area contributed by atoms with Crippen LogP contribution in [0.15, 0.2) is 47.8 Å². The lowest BCUT2D eigenvalue weighted by Crippen LogP contribution is -2.16. The zero-order valence-corrected chi connectivity index (χ0v) is 17.5. The second kappa shape index (κ2) is 8.79. The van der Waals surface area contributed by atoms with Gasteiger partial charge in [0, 0.05) is 10.9 Å². The van der Waals surface area contributed by atoms with Crippen molar-refractivity contribution in [1.29, 1.82) is 0 Å². The third-order valence-corrected chi connectivity index (χ3v) is 6.17. The largest absolute Gasteiger partial charge is 0.462 e. The summed E-state index contributed by atoms with van der Waals surface area (Å²) in [5.74, 6) is -1.72. The molecule has 1 N–H and O–H groups in total. The van der Waals surface area contributed by atoms with E-state index < -0.39 is 17.7 Å². The maximum Gasteiger partial charge on any atom is 0.341 e. The van der Waals surface area contributed by atoms with Crippen LogP contribution in [0.1, 0.15) is 51.6 Å². The van der Waals surface area contributed by atoms with Crippen molar-refractivity contribution in [2.24, 2.45) is 0 Å². The zero-order chi connectivity index (χ0) is 21.1. The Morgan fingerprint density at radius 1 is 1.10 bits per heavy atom. The van der Waals surface area contributed by atoms with Crippen LogP contribution in [-0.4, -0.2) is 18.5 Å². The number of ether oxygens (including phenoxy) is 1. The Morgan fingerprint density at radius 2 is 1.87 bits per heavy atom. The number of benzene rings is 2. The fourth-order valence-electron chi connectivity index (χ4n) is 3.79. The number of anilines is 1. The van der Waals surface area contributed by atoms with Gasteiger partial charge in [-0.25, -0.2) is 9.18 Å². The van der Waals surface area contributed by atoms with Crippen molar-refractivity contribution in [3.8, 4) is 11.1 Å². The molecule has 1 aromatic heterocycles. The number of carbonyl (C=O) groups excluding carboxylic acids is 2. The highest BCUT2D eigenvalue weighted by Gasteiger charge is 2.24. The molecule has 0 bridgehead atoms. The van der Waals surface area contributed by atoms with Crippen molar-refractivity contribution >= 4 is 28.2 Å². The number of carbonyl (C=O) groups is 2. The van der Waals surface area contributed by atoms with E-state index in [2.05, 4.69) is 17.4 Å². The van der Waals surface area contributed by atoms with Gasteiger partial charge in [-0.15, -0.1) is 11.3 Å². The van der Waals surface area contributed by atoms with Crippen LogP contribution in [0.4, 0.5) is 9.39 Å². The predicted molar refractivity (Wildman–Crippen MR) is 117 cm³/mol. The van der Waals surface area contributed by atoms with E-state index in [1.165, 1.54) is 47.1 Å². The Hall–Kier alpha value is -2.99. The molecule has 1 aliphatic rings. The van der Waals surface area contributed by atoms with Crippen molar-refractivity contribution in [3.63, 3.8) is 0 Å². The summed E-state index contributed by atoms with van der Waals surface area (Å²) in [5, 5.41) is 4.90. The lowest BCUT2D eigenvalue weighted by Gasteiger charge is -2.17. The molecule has 3 aromatic rings. The molecule has 0 unspecified atom stereocenters. The molecule has 1 heterocycles. The second-order valence-corrected chi connectivity index (χ2v) is 8.08. The monoisotopic (exact) mass is 423 g/mol. The number of nitrogens with one attached hydrogen (secondary N) is 1. The van der Waals surface area contributed by atoms with Gasteiger partial charge in [-0.1, -0.05) is 30.3 Å². The number of rotatable bonds is 5. The van der Waals surface area contributed by atoms with Crippen molar-refractivity contribution < 1.29 is 18.7 Å². The van der Waals surface area contributed by atoms with Crippen LogP contribution in [0.2, 0.25) is 0 Å². The third kappa shape index (κ3) is 4.00. The maximum absolute atomic E-state index is 14.0. The summed E-state index contributed by atoms with van der Waals surface area (Å²) in [6.45, 7) is 1.96. The lowest BCUT2D eigenvalue weighted by molar-refractivity contribution is 0.0529. The summed E-state index contributed by atoms with van der Waals surface area (Å²) in [6, 6.07) is 12.0. The summed E-state index contributed by atoms with van der Waals surface area (Å²) >= 11 is 1.24. The van der Waals surface area contributed by atoms with E-state index in [9.17, 15) is 14.0 Å². The van der Waals surface area contributed by atoms with E-state index in [4.69, 9.17) is 4.74 Å². The van der Waals surface area contributed by atoms with E-state index >= 15 is 0 Å². The number of amides is 1. The van der Waals surface area contributed by atoms with Crippen molar-refractivity contribution in [1.82, 2.24) is 0 Å². The quantitative estimate of drug-likeness (QED) is 0.523. The summed E-state index contributed by atoms with van der Waals surface area (Å²) in [4.78, 5) is 25.4. The van der Waals surface area contributed by atoms with Gasteiger partial charge in [0.1, 0.15) is 16.4 Å². The molecule has 0 saturated carbocycles. The minimum atomic E-state index is -0.612. The first kappa shape index (κ1) is 20.3. The number of hydrogen-bond acceptors (Lipinski definition) is 4. The van der Waals surface area contributed by atoms with Gasteiger partial charge >= 0.3 is 5.97 Å². The first-order valence-electron chi connectivity index (χ1n) is 10.0. The molecular formula is C24H22FNO3S. The number of aryl methyl sites for hydroxylation is 2. The van der Waals surface area contributed by atoms with Crippen LogP contribution in [0.5, 0.6) is 0 Å². The van der Waals surface area contributed by atoms with Crippen molar-refractivity contribution in [2.75, 3.05) is 11.9 Å². The molecule has 154 valence electrons. The molecule has 6 heteroatoms. The van der Waals surface area contributed by atoms with Crippen LogP contribution in [0, 0.1) is 5.82 Å². The highest BCUT2D eigenvalue weighted by atomic mass is 32.1. The van der Waals surface area contributed by atoms with Crippen LogP contribution >= 0.6 is 11.3 Å². The maximum atomic E-state index is 14.0. The smallest absolute Gasteiger partial charge is 0.341 e. The van der Waals surface area contributed by atoms with E-state index in [0.29, 0.717) is 10.6 Å². The van der Waals surface area contributed by atoms with E-state index in [1.54, 1.807) is 13.0 Å². The summed E-state index contributed by atoms with van der Waals surface area (Å²) in [5.41, 5.74) is 4.53. The second-order valence-electron chi connectivity index (χ2n) is 7.20. The first-order valence-corrected chi connectivity index (χ1v) is 10.9. The molecule has 1 aliphatic carbocycles. The summed E-state index contributed by atoms with van der Waals surface area (Å²) in [7, 11) is 0. The van der Waals surface area contributed by atoms with Gasteiger partial charge in [0.15, 0.2) is 0 Å². The molecule has 30 heavy (non-hydrogen) atoms. The SMILES string of the molecule is CCOC(=O)c1c(-c2ccc3c(c2)CCCC3)csc1NC(=O)c1ccccc1F. The van der Waals surface area contributed by atoms with E-state index in [1.807, 2.05) is 11.4 Å². The zero-order valence-electron chi connectivity index (χ0n) is 16.7. The molecular weight excluding hydrogens is 401 g/mol. The number of fused-ring (bicyclic) bond motifs is 1. The molecule has 0 saturated heterocycles. The number of thiophene rings is 1. The van der Waals surface area contributed by atoms with E-state index in [0.717, 1.165) is 30.4 Å². The Labute approximate surface area is 178 Å². The fourth-order valence-corrected chi connectivity index (χ4v) is 4.74. The Kier molecular flexibility index (Phi) is 5.95. The minimum Gasteiger partial charge on any atom is -0.462 e.